The Hall–Kier alpha value is -1.63. The Morgan fingerprint density at radius 2 is 1.83 bits per heavy atom. The Labute approximate surface area is 106 Å². The second-order valence-electron chi connectivity index (χ2n) is 3.87. The summed E-state index contributed by atoms with van der Waals surface area (Å²) in [4.78, 5) is 35.4. The van der Waals surface area contributed by atoms with E-state index in [9.17, 15) is 14.4 Å². The zero-order valence-corrected chi connectivity index (χ0v) is 11.1. The molecular weight excluding hydrogens is 240 g/mol. The molecule has 104 valence electrons. The molecule has 0 aromatic heterocycles. The van der Waals surface area contributed by atoms with E-state index in [0.29, 0.717) is 0 Å². The van der Waals surface area contributed by atoms with Crippen LogP contribution in [0.4, 0.5) is 0 Å². The lowest BCUT2D eigenvalue weighted by Crippen LogP contribution is -2.49. The maximum Gasteiger partial charge on any atom is 0.332 e. The summed E-state index contributed by atoms with van der Waals surface area (Å²) in [5, 5.41) is 0. The normalized spacial score (nSPS) is 13.4. The number of rotatable bonds is 6. The Bertz CT molecular complexity index is 319. The van der Waals surface area contributed by atoms with Gasteiger partial charge in [-0.1, -0.05) is 6.92 Å². The van der Waals surface area contributed by atoms with Crippen LogP contribution in [0.2, 0.25) is 0 Å². The van der Waals surface area contributed by atoms with Crippen LogP contribution in [-0.4, -0.2) is 56.1 Å². The summed E-state index contributed by atoms with van der Waals surface area (Å²) in [7, 11) is 2.73. The molecule has 0 aromatic rings. The monoisotopic (exact) mass is 260 g/mol. The largest absolute Gasteiger partial charge is 0.469 e. The molecule has 0 saturated heterocycles. The van der Waals surface area contributed by atoms with Crippen LogP contribution in [0.3, 0.4) is 0 Å². The minimum absolute atomic E-state index is 0.124. The molecule has 7 heteroatoms. The van der Waals surface area contributed by atoms with Crippen molar-refractivity contribution in [3.05, 3.63) is 0 Å². The summed E-state index contributed by atoms with van der Waals surface area (Å²) in [6.07, 6.45) is 0. The number of carbonyl (C=O) groups excluding carboxylic acids is 3. The smallest absolute Gasteiger partial charge is 0.332 e. The third-order valence-electron chi connectivity index (χ3n) is 2.33. The van der Waals surface area contributed by atoms with Crippen LogP contribution < -0.4 is 5.73 Å². The van der Waals surface area contributed by atoms with E-state index in [1.807, 2.05) is 0 Å². The highest BCUT2D eigenvalue weighted by molar-refractivity contribution is 6.01. The van der Waals surface area contributed by atoms with Gasteiger partial charge in [-0.2, -0.15) is 0 Å². The van der Waals surface area contributed by atoms with E-state index in [0.717, 1.165) is 0 Å². The maximum atomic E-state index is 11.8. The van der Waals surface area contributed by atoms with Gasteiger partial charge >= 0.3 is 11.9 Å². The molecule has 0 aliphatic rings. The molecule has 0 aromatic carbocycles. The van der Waals surface area contributed by atoms with Crippen molar-refractivity contribution in [2.75, 3.05) is 27.3 Å². The molecular formula is C11H20N2O5. The van der Waals surface area contributed by atoms with Gasteiger partial charge in [0.15, 0.2) is 6.04 Å². The van der Waals surface area contributed by atoms with Crippen LogP contribution >= 0.6 is 0 Å². The second-order valence-corrected chi connectivity index (χ2v) is 3.87. The molecule has 18 heavy (non-hydrogen) atoms. The summed E-state index contributed by atoms with van der Waals surface area (Å²) in [5.74, 6) is -2.29. The predicted octanol–water partition coefficient (Wildman–Crippen LogP) is -0.856. The number of esters is 2. The number of amides is 1. The number of hydrogen-bond acceptors (Lipinski definition) is 6. The van der Waals surface area contributed by atoms with Crippen molar-refractivity contribution in [2.24, 2.45) is 11.7 Å². The first-order valence-corrected chi connectivity index (χ1v) is 5.60. The highest BCUT2D eigenvalue weighted by Crippen LogP contribution is 2.02. The van der Waals surface area contributed by atoms with Crippen molar-refractivity contribution in [1.29, 1.82) is 0 Å². The summed E-state index contributed by atoms with van der Waals surface area (Å²) in [6.45, 7) is 3.52. The minimum Gasteiger partial charge on any atom is -0.469 e. The number of hydrogen-bond donors (Lipinski definition) is 1. The van der Waals surface area contributed by atoms with Gasteiger partial charge in [-0.25, -0.2) is 4.79 Å². The fraction of sp³-hybridized carbons (Fsp3) is 0.727. The van der Waals surface area contributed by atoms with E-state index in [1.165, 1.54) is 19.1 Å². The lowest BCUT2D eigenvalue weighted by Gasteiger charge is -2.22. The van der Waals surface area contributed by atoms with Crippen LogP contribution in [-0.2, 0) is 23.9 Å². The number of nitrogens with two attached hydrogens (primary N) is 1. The van der Waals surface area contributed by atoms with Gasteiger partial charge in [0.05, 0.1) is 19.6 Å². The van der Waals surface area contributed by atoms with Gasteiger partial charge < -0.3 is 20.1 Å². The molecule has 7 nitrogen and oxygen atoms in total. The van der Waals surface area contributed by atoms with Crippen molar-refractivity contribution in [1.82, 2.24) is 4.90 Å². The molecule has 0 radical (unpaired) electrons. The summed E-state index contributed by atoms with van der Waals surface area (Å²) < 4.78 is 9.18. The molecule has 2 unspecified atom stereocenters. The summed E-state index contributed by atoms with van der Waals surface area (Å²) in [5.41, 5.74) is 5.45. The third-order valence-corrected chi connectivity index (χ3v) is 2.33. The van der Waals surface area contributed by atoms with Gasteiger partial charge in [0.1, 0.15) is 0 Å². The average Bonchev–Trinajstić information content (AvgIpc) is 2.35. The van der Waals surface area contributed by atoms with Gasteiger partial charge in [0.2, 0.25) is 0 Å². The average molecular weight is 260 g/mol. The van der Waals surface area contributed by atoms with Gasteiger partial charge in [-0.05, 0) is 6.92 Å². The van der Waals surface area contributed by atoms with E-state index >= 15 is 0 Å². The van der Waals surface area contributed by atoms with Gasteiger partial charge in [-0.15, -0.1) is 0 Å². The number of ether oxygens (including phenoxy) is 2. The van der Waals surface area contributed by atoms with E-state index in [-0.39, 0.29) is 13.2 Å². The first kappa shape index (κ1) is 16.4. The minimum atomic E-state index is -1.36. The molecule has 0 aliphatic heterocycles. The number of methoxy groups -OCH3 is 1. The number of carbonyl (C=O) groups is 3. The quantitative estimate of drug-likeness (QED) is 0.493. The van der Waals surface area contributed by atoms with E-state index in [1.54, 1.807) is 13.8 Å². The van der Waals surface area contributed by atoms with E-state index in [2.05, 4.69) is 9.47 Å². The SMILES string of the molecule is CCOC(=O)C(N)C(=O)N(C)CC(C)C(=O)OC. The molecule has 2 N–H and O–H groups in total. The molecule has 0 rings (SSSR count). The van der Waals surface area contributed by atoms with Crippen LogP contribution in [0.5, 0.6) is 0 Å². The molecule has 0 fully saturated rings. The molecule has 2 atom stereocenters. The zero-order chi connectivity index (χ0) is 14.3. The van der Waals surface area contributed by atoms with Crippen molar-refractivity contribution in [3.8, 4) is 0 Å². The lowest BCUT2D eigenvalue weighted by molar-refractivity contribution is -0.151. The van der Waals surface area contributed by atoms with Crippen molar-refractivity contribution in [2.45, 2.75) is 19.9 Å². The second kappa shape index (κ2) is 7.65. The molecule has 1 amide bonds. The lowest BCUT2D eigenvalue weighted by atomic mass is 10.1. The van der Waals surface area contributed by atoms with E-state index < -0.39 is 29.8 Å². The highest BCUT2D eigenvalue weighted by Gasteiger charge is 2.28. The summed E-state index contributed by atoms with van der Waals surface area (Å²) in [6, 6.07) is -1.36. The molecule has 0 spiro atoms. The van der Waals surface area contributed by atoms with Crippen molar-refractivity contribution < 1.29 is 23.9 Å². The Morgan fingerprint density at radius 3 is 2.28 bits per heavy atom. The van der Waals surface area contributed by atoms with Crippen LogP contribution in [0, 0.1) is 5.92 Å². The summed E-state index contributed by atoms with van der Waals surface area (Å²) >= 11 is 0. The third kappa shape index (κ3) is 4.70. The van der Waals surface area contributed by atoms with Gasteiger partial charge in [0, 0.05) is 13.6 Å². The topological polar surface area (TPSA) is 98.9 Å². The maximum absolute atomic E-state index is 11.8. The van der Waals surface area contributed by atoms with E-state index in [4.69, 9.17) is 5.73 Å². The van der Waals surface area contributed by atoms with Crippen molar-refractivity contribution in [3.63, 3.8) is 0 Å². The molecule has 0 heterocycles. The predicted molar refractivity (Wildman–Crippen MR) is 63.4 cm³/mol. The molecule has 0 aliphatic carbocycles. The molecule has 0 bridgehead atoms. The first-order valence-electron chi connectivity index (χ1n) is 5.60. The van der Waals surface area contributed by atoms with Crippen LogP contribution in [0.15, 0.2) is 0 Å². The number of nitrogens with zero attached hydrogens (tertiary/aromatic N) is 1. The van der Waals surface area contributed by atoms with Crippen molar-refractivity contribution >= 4 is 17.8 Å². The fourth-order valence-electron chi connectivity index (χ4n) is 1.35. The van der Waals surface area contributed by atoms with Crippen LogP contribution in [0.1, 0.15) is 13.8 Å². The molecule has 0 saturated carbocycles. The van der Waals surface area contributed by atoms with Crippen LogP contribution in [0.25, 0.3) is 0 Å². The standard InChI is InChI=1S/C11H20N2O5/c1-5-18-11(16)8(12)9(14)13(3)6-7(2)10(15)17-4/h7-8H,5-6,12H2,1-4H3. The Kier molecular flexibility index (Phi) is 6.96. The van der Waals surface area contributed by atoms with Gasteiger partial charge in [0.25, 0.3) is 5.91 Å². The van der Waals surface area contributed by atoms with Gasteiger partial charge in [-0.3, -0.25) is 9.59 Å². The highest BCUT2D eigenvalue weighted by atomic mass is 16.5. The first-order chi connectivity index (χ1) is 8.34. The zero-order valence-electron chi connectivity index (χ0n) is 11.1. The Balaban J connectivity index is 4.42. The fourth-order valence-corrected chi connectivity index (χ4v) is 1.35. The Morgan fingerprint density at radius 1 is 1.28 bits per heavy atom. The number of likely N-dealkylation sites (N-methyl/N-ethyl adjacent to an activating group) is 1.